The highest BCUT2D eigenvalue weighted by atomic mass is 35.5. The van der Waals surface area contributed by atoms with Crippen LogP contribution in [0, 0.1) is 10.1 Å². The van der Waals surface area contributed by atoms with Crippen LogP contribution < -0.4 is 5.32 Å². The SMILES string of the molecule is CC(O)CCCNCc1ccc(Cl)c([N+](=O)[O-])c1. The van der Waals surface area contributed by atoms with Crippen LogP contribution in [-0.4, -0.2) is 22.7 Å². The number of halogens is 1. The smallest absolute Gasteiger partial charge is 0.288 e. The van der Waals surface area contributed by atoms with E-state index in [4.69, 9.17) is 16.7 Å². The van der Waals surface area contributed by atoms with Crippen molar-refractivity contribution in [2.75, 3.05) is 6.54 Å². The highest BCUT2D eigenvalue weighted by Gasteiger charge is 2.12. The lowest BCUT2D eigenvalue weighted by Crippen LogP contribution is -2.16. The first-order valence-corrected chi connectivity index (χ1v) is 6.20. The number of hydrogen-bond donors (Lipinski definition) is 2. The Balaban J connectivity index is 2.43. The summed E-state index contributed by atoms with van der Waals surface area (Å²) in [5.41, 5.74) is 0.753. The van der Waals surface area contributed by atoms with Crippen LogP contribution in [0.4, 0.5) is 5.69 Å². The van der Waals surface area contributed by atoms with E-state index in [1.54, 1.807) is 13.0 Å². The molecule has 100 valence electrons. The summed E-state index contributed by atoms with van der Waals surface area (Å²) in [6.07, 6.45) is 1.32. The molecule has 0 fully saturated rings. The molecule has 0 amide bonds. The molecule has 1 atom stereocenters. The summed E-state index contributed by atoms with van der Waals surface area (Å²) in [5, 5.41) is 23.1. The normalized spacial score (nSPS) is 12.4. The monoisotopic (exact) mass is 272 g/mol. The molecule has 18 heavy (non-hydrogen) atoms. The lowest BCUT2D eigenvalue weighted by Gasteiger charge is -2.06. The quantitative estimate of drug-likeness (QED) is 0.454. The fourth-order valence-corrected chi connectivity index (χ4v) is 1.75. The summed E-state index contributed by atoms with van der Waals surface area (Å²) < 4.78 is 0. The maximum Gasteiger partial charge on any atom is 0.288 e. The van der Waals surface area contributed by atoms with Crippen LogP contribution in [0.2, 0.25) is 5.02 Å². The molecular formula is C12H17ClN2O3. The van der Waals surface area contributed by atoms with Gasteiger partial charge in [0.05, 0.1) is 11.0 Å². The Morgan fingerprint density at radius 3 is 2.89 bits per heavy atom. The van der Waals surface area contributed by atoms with E-state index >= 15 is 0 Å². The summed E-state index contributed by atoms with van der Waals surface area (Å²) >= 11 is 5.72. The molecule has 2 N–H and O–H groups in total. The molecule has 0 bridgehead atoms. The summed E-state index contributed by atoms with van der Waals surface area (Å²) in [5.74, 6) is 0. The van der Waals surface area contributed by atoms with Gasteiger partial charge in [-0.3, -0.25) is 10.1 Å². The van der Waals surface area contributed by atoms with Crippen LogP contribution in [0.25, 0.3) is 0 Å². The van der Waals surface area contributed by atoms with E-state index in [1.165, 1.54) is 12.1 Å². The standard InChI is InChI=1S/C12H17ClN2O3/c1-9(16)3-2-6-14-8-10-4-5-11(13)12(7-10)15(17)18/h4-5,7,9,14,16H,2-3,6,8H2,1H3. The third-order valence-electron chi connectivity index (χ3n) is 2.51. The molecule has 0 saturated carbocycles. The minimum atomic E-state index is -0.487. The molecule has 0 aliphatic carbocycles. The van der Waals surface area contributed by atoms with E-state index in [2.05, 4.69) is 5.32 Å². The van der Waals surface area contributed by atoms with Crippen molar-refractivity contribution < 1.29 is 10.0 Å². The van der Waals surface area contributed by atoms with Crippen molar-refractivity contribution in [2.24, 2.45) is 0 Å². The molecule has 0 aliphatic heterocycles. The molecule has 5 nitrogen and oxygen atoms in total. The van der Waals surface area contributed by atoms with Crippen LogP contribution >= 0.6 is 11.6 Å². The first-order chi connectivity index (χ1) is 8.50. The molecular weight excluding hydrogens is 256 g/mol. The largest absolute Gasteiger partial charge is 0.393 e. The van der Waals surface area contributed by atoms with Crippen LogP contribution in [-0.2, 0) is 6.54 Å². The number of aliphatic hydroxyl groups is 1. The van der Waals surface area contributed by atoms with Gasteiger partial charge in [-0.1, -0.05) is 17.7 Å². The summed E-state index contributed by atoms with van der Waals surface area (Å²) in [4.78, 5) is 10.2. The Labute approximate surface area is 111 Å². The van der Waals surface area contributed by atoms with Gasteiger partial charge >= 0.3 is 0 Å². The number of nitrogens with one attached hydrogen (secondary N) is 1. The number of hydrogen-bond acceptors (Lipinski definition) is 4. The predicted molar refractivity (Wildman–Crippen MR) is 70.7 cm³/mol. The van der Waals surface area contributed by atoms with E-state index < -0.39 is 4.92 Å². The highest BCUT2D eigenvalue weighted by molar-refractivity contribution is 6.32. The fraction of sp³-hybridized carbons (Fsp3) is 0.500. The van der Waals surface area contributed by atoms with Crippen molar-refractivity contribution >= 4 is 17.3 Å². The van der Waals surface area contributed by atoms with Gasteiger partial charge in [0.15, 0.2) is 0 Å². The zero-order valence-electron chi connectivity index (χ0n) is 10.2. The van der Waals surface area contributed by atoms with Crippen LogP contribution in [0.1, 0.15) is 25.3 Å². The van der Waals surface area contributed by atoms with Gasteiger partial charge in [-0.2, -0.15) is 0 Å². The number of nitrogens with zero attached hydrogens (tertiary/aromatic N) is 1. The van der Waals surface area contributed by atoms with Gasteiger partial charge in [-0.15, -0.1) is 0 Å². The third-order valence-corrected chi connectivity index (χ3v) is 2.83. The molecule has 6 heteroatoms. The van der Waals surface area contributed by atoms with E-state index in [0.29, 0.717) is 6.54 Å². The van der Waals surface area contributed by atoms with Crippen molar-refractivity contribution in [2.45, 2.75) is 32.4 Å². The van der Waals surface area contributed by atoms with Crippen molar-refractivity contribution in [1.29, 1.82) is 0 Å². The average molecular weight is 273 g/mol. The molecule has 0 heterocycles. The van der Waals surface area contributed by atoms with Gasteiger partial charge in [-0.05, 0) is 37.9 Å². The predicted octanol–water partition coefficient (Wildman–Crippen LogP) is 2.50. The molecule has 1 aromatic carbocycles. The second-order valence-electron chi connectivity index (χ2n) is 4.21. The van der Waals surface area contributed by atoms with E-state index in [-0.39, 0.29) is 16.8 Å². The van der Waals surface area contributed by atoms with Gasteiger partial charge < -0.3 is 10.4 Å². The molecule has 0 spiro atoms. The molecule has 1 aromatic rings. The second kappa shape index (κ2) is 7.31. The Morgan fingerprint density at radius 2 is 2.28 bits per heavy atom. The molecule has 1 unspecified atom stereocenters. The minimum Gasteiger partial charge on any atom is -0.393 e. The van der Waals surface area contributed by atoms with E-state index in [0.717, 1.165) is 24.9 Å². The van der Waals surface area contributed by atoms with Crippen molar-refractivity contribution in [3.8, 4) is 0 Å². The highest BCUT2D eigenvalue weighted by Crippen LogP contribution is 2.24. The number of aliphatic hydroxyl groups excluding tert-OH is 1. The maximum absolute atomic E-state index is 10.7. The van der Waals surface area contributed by atoms with Crippen molar-refractivity contribution in [3.63, 3.8) is 0 Å². The molecule has 1 rings (SSSR count). The van der Waals surface area contributed by atoms with Gasteiger partial charge in [0.25, 0.3) is 5.69 Å². The minimum absolute atomic E-state index is 0.0695. The average Bonchev–Trinajstić information content (AvgIpc) is 2.30. The summed E-state index contributed by atoms with van der Waals surface area (Å²) in [7, 11) is 0. The number of nitro benzene ring substituents is 1. The topological polar surface area (TPSA) is 75.4 Å². The summed E-state index contributed by atoms with van der Waals surface area (Å²) in [6.45, 7) is 3.07. The lowest BCUT2D eigenvalue weighted by molar-refractivity contribution is -0.384. The Kier molecular flexibility index (Phi) is 6.04. The van der Waals surface area contributed by atoms with E-state index in [1.807, 2.05) is 0 Å². The zero-order valence-corrected chi connectivity index (χ0v) is 11.0. The van der Waals surface area contributed by atoms with Crippen LogP contribution in [0.3, 0.4) is 0 Å². The Bertz CT molecular complexity index is 410. The first-order valence-electron chi connectivity index (χ1n) is 5.82. The fourth-order valence-electron chi connectivity index (χ4n) is 1.56. The van der Waals surface area contributed by atoms with Gasteiger partial charge in [0, 0.05) is 12.6 Å². The van der Waals surface area contributed by atoms with Gasteiger partial charge in [-0.25, -0.2) is 0 Å². The summed E-state index contributed by atoms with van der Waals surface area (Å²) in [6, 6.07) is 4.77. The van der Waals surface area contributed by atoms with Gasteiger partial charge in [0.2, 0.25) is 0 Å². The Morgan fingerprint density at radius 1 is 1.56 bits per heavy atom. The van der Waals surface area contributed by atoms with E-state index in [9.17, 15) is 10.1 Å². The molecule has 0 aromatic heterocycles. The number of rotatable bonds is 7. The maximum atomic E-state index is 10.7. The third kappa shape index (κ3) is 5.00. The first kappa shape index (κ1) is 14.9. The Hall–Kier alpha value is -1.17. The van der Waals surface area contributed by atoms with Crippen LogP contribution in [0.15, 0.2) is 18.2 Å². The lowest BCUT2D eigenvalue weighted by atomic mass is 10.2. The van der Waals surface area contributed by atoms with Crippen molar-refractivity contribution in [3.05, 3.63) is 38.9 Å². The number of benzene rings is 1. The van der Waals surface area contributed by atoms with Gasteiger partial charge in [0.1, 0.15) is 5.02 Å². The zero-order chi connectivity index (χ0) is 13.5. The van der Waals surface area contributed by atoms with Crippen molar-refractivity contribution in [1.82, 2.24) is 5.32 Å². The molecule has 0 aliphatic rings. The van der Waals surface area contributed by atoms with Crippen LogP contribution in [0.5, 0.6) is 0 Å². The molecule has 0 saturated heterocycles. The molecule has 0 radical (unpaired) electrons. The second-order valence-corrected chi connectivity index (χ2v) is 4.62. The number of nitro groups is 1.